The molecule has 0 aliphatic carbocycles. The van der Waals surface area contributed by atoms with E-state index in [0.29, 0.717) is 29.6 Å². The smallest absolute Gasteiger partial charge is 0.256 e. The zero-order valence-corrected chi connectivity index (χ0v) is 19.8. The van der Waals surface area contributed by atoms with Gasteiger partial charge in [0.25, 0.3) is 5.91 Å². The highest BCUT2D eigenvalue weighted by molar-refractivity contribution is 6.31. The molecule has 34 heavy (non-hydrogen) atoms. The fourth-order valence-electron chi connectivity index (χ4n) is 3.52. The molecule has 0 aliphatic heterocycles. The molecule has 0 bridgehead atoms. The van der Waals surface area contributed by atoms with Crippen LogP contribution in [0.25, 0.3) is 0 Å². The van der Waals surface area contributed by atoms with Crippen LogP contribution in [0.2, 0.25) is 5.02 Å². The van der Waals surface area contributed by atoms with Crippen molar-refractivity contribution in [1.82, 2.24) is 9.78 Å². The van der Waals surface area contributed by atoms with Gasteiger partial charge in [-0.05, 0) is 66.4 Å². The van der Waals surface area contributed by atoms with Crippen molar-refractivity contribution >= 4 is 23.3 Å². The van der Waals surface area contributed by atoms with Crippen LogP contribution in [0.15, 0.2) is 72.8 Å². The van der Waals surface area contributed by atoms with Crippen LogP contribution < -0.4 is 10.1 Å². The number of carbonyl (C=O) groups is 1. The van der Waals surface area contributed by atoms with Crippen LogP contribution >= 0.6 is 11.6 Å². The summed E-state index contributed by atoms with van der Waals surface area (Å²) in [5.74, 6) is 0.562. The van der Waals surface area contributed by atoms with Crippen molar-refractivity contribution in [3.63, 3.8) is 0 Å². The minimum absolute atomic E-state index is 0.265. The molecule has 7 heteroatoms. The van der Waals surface area contributed by atoms with E-state index in [1.54, 1.807) is 28.9 Å². The third-order valence-corrected chi connectivity index (χ3v) is 5.84. The van der Waals surface area contributed by atoms with E-state index in [1.165, 1.54) is 17.7 Å². The van der Waals surface area contributed by atoms with Crippen molar-refractivity contribution in [2.75, 3.05) is 5.32 Å². The maximum absolute atomic E-state index is 13.3. The Morgan fingerprint density at radius 2 is 1.85 bits per heavy atom. The highest BCUT2D eigenvalue weighted by Gasteiger charge is 2.12. The molecule has 0 atom stereocenters. The lowest BCUT2D eigenvalue weighted by molar-refractivity contribution is 0.102. The average Bonchev–Trinajstić information content (AvgIpc) is 3.18. The van der Waals surface area contributed by atoms with Crippen molar-refractivity contribution in [2.45, 2.75) is 33.4 Å². The lowest BCUT2D eigenvalue weighted by Crippen LogP contribution is -2.13. The second-order valence-corrected chi connectivity index (χ2v) is 8.41. The van der Waals surface area contributed by atoms with Gasteiger partial charge in [0.15, 0.2) is 5.82 Å². The van der Waals surface area contributed by atoms with Crippen molar-refractivity contribution in [3.8, 4) is 5.75 Å². The molecule has 0 radical (unpaired) electrons. The number of hydrogen-bond acceptors (Lipinski definition) is 3. The Morgan fingerprint density at radius 1 is 1.06 bits per heavy atom. The van der Waals surface area contributed by atoms with Crippen LogP contribution in [-0.2, 0) is 19.6 Å². The summed E-state index contributed by atoms with van der Waals surface area (Å²) >= 11 is 6.13. The average molecular weight is 478 g/mol. The molecule has 0 unspecified atom stereocenters. The Hall–Kier alpha value is -3.64. The van der Waals surface area contributed by atoms with Gasteiger partial charge < -0.3 is 10.1 Å². The van der Waals surface area contributed by atoms with Gasteiger partial charge in [-0.15, -0.1) is 0 Å². The third kappa shape index (κ3) is 5.83. The number of aromatic nitrogens is 2. The van der Waals surface area contributed by atoms with Gasteiger partial charge in [-0.2, -0.15) is 5.10 Å². The molecule has 0 saturated carbocycles. The summed E-state index contributed by atoms with van der Waals surface area (Å²) in [7, 11) is 0. The number of nitrogens with zero attached hydrogens (tertiary/aromatic N) is 2. The molecule has 5 nitrogen and oxygen atoms in total. The summed E-state index contributed by atoms with van der Waals surface area (Å²) < 4.78 is 20.9. The van der Waals surface area contributed by atoms with E-state index in [0.717, 1.165) is 29.0 Å². The molecule has 0 saturated heterocycles. The Balaban J connectivity index is 1.40. The maximum Gasteiger partial charge on any atom is 0.256 e. The first-order valence-electron chi connectivity index (χ1n) is 11.0. The monoisotopic (exact) mass is 477 g/mol. The predicted octanol–water partition coefficient (Wildman–Crippen LogP) is 6.43. The van der Waals surface area contributed by atoms with Gasteiger partial charge in [-0.25, -0.2) is 4.39 Å². The fourth-order valence-corrected chi connectivity index (χ4v) is 3.75. The number of anilines is 1. The molecule has 1 heterocycles. The van der Waals surface area contributed by atoms with Crippen LogP contribution in [0.1, 0.15) is 39.7 Å². The summed E-state index contributed by atoms with van der Waals surface area (Å²) in [6.07, 6.45) is 0.981. The van der Waals surface area contributed by atoms with Crippen LogP contribution in [-0.4, -0.2) is 15.7 Å². The molecule has 174 valence electrons. The third-order valence-electron chi connectivity index (χ3n) is 5.48. The molecule has 0 aliphatic rings. The summed E-state index contributed by atoms with van der Waals surface area (Å²) in [5.41, 5.74) is 4.23. The number of amides is 1. The van der Waals surface area contributed by atoms with Crippen LogP contribution in [0.4, 0.5) is 10.2 Å². The summed E-state index contributed by atoms with van der Waals surface area (Å²) in [6.45, 7) is 4.72. The first-order chi connectivity index (χ1) is 16.4. The topological polar surface area (TPSA) is 56.1 Å². The molecular weight excluding hydrogens is 453 g/mol. The second kappa shape index (κ2) is 10.5. The van der Waals surface area contributed by atoms with Crippen molar-refractivity contribution in [2.24, 2.45) is 0 Å². The molecule has 0 fully saturated rings. The van der Waals surface area contributed by atoms with Gasteiger partial charge in [0.05, 0.1) is 6.54 Å². The molecule has 1 aromatic heterocycles. The van der Waals surface area contributed by atoms with Gasteiger partial charge >= 0.3 is 0 Å². The summed E-state index contributed by atoms with van der Waals surface area (Å²) in [6, 6.07) is 21.3. The van der Waals surface area contributed by atoms with E-state index in [2.05, 4.69) is 17.3 Å². The number of ether oxygens (including phenoxy) is 1. The number of benzene rings is 3. The number of hydrogen-bond donors (Lipinski definition) is 1. The van der Waals surface area contributed by atoms with Crippen LogP contribution in [0.5, 0.6) is 5.75 Å². The molecule has 3 aromatic carbocycles. The Bertz CT molecular complexity index is 1300. The standard InChI is InChI=1S/C27H25ClFN3O2/c1-3-19-7-11-24(12-8-19)34-17-20-5-4-6-21(14-20)27(33)30-26-13-18(2)32(31-26)16-22-9-10-23(29)15-25(22)28/h4-15H,3,16-17H2,1-2H3,(H,30,31,33). The first-order valence-corrected chi connectivity index (χ1v) is 11.4. The minimum atomic E-state index is -0.388. The Labute approximate surface area is 203 Å². The van der Waals surface area contributed by atoms with E-state index in [-0.39, 0.29) is 11.7 Å². The highest BCUT2D eigenvalue weighted by Crippen LogP contribution is 2.20. The second-order valence-electron chi connectivity index (χ2n) is 8.01. The zero-order valence-electron chi connectivity index (χ0n) is 19.0. The largest absolute Gasteiger partial charge is 0.489 e. The summed E-state index contributed by atoms with van der Waals surface area (Å²) in [5, 5.41) is 7.63. The van der Waals surface area contributed by atoms with Gasteiger partial charge in [-0.3, -0.25) is 9.48 Å². The zero-order chi connectivity index (χ0) is 24.1. The van der Waals surface area contributed by atoms with E-state index in [9.17, 15) is 9.18 Å². The number of halogens is 2. The van der Waals surface area contributed by atoms with Crippen LogP contribution in [0, 0.1) is 12.7 Å². The van der Waals surface area contributed by atoms with Gasteiger partial charge in [0, 0.05) is 22.3 Å². The van der Waals surface area contributed by atoms with Crippen molar-refractivity contribution in [1.29, 1.82) is 0 Å². The highest BCUT2D eigenvalue weighted by atomic mass is 35.5. The van der Waals surface area contributed by atoms with E-state index in [1.807, 2.05) is 43.3 Å². The minimum Gasteiger partial charge on any atom is -0.489 e. The number of aryl methyl sites for hydroxylation is 2. The fraction of sp³-hybridized carbons (Fsp3) is 0.185. The SMILES string of the molecule is CCc1ccc(OCc2cccc(C(=O)Nc3cc(C)n(Cc4ccc(F)cc4Cl)n3)c2)cc1. The first kappa shape index (κ1) is 23.5. The Morgan fingerprint density at radius 3 is 2.59 bits per heavy atom. The van der Waals surface area contributed by atoms with E-state index >= 15 is 0 Å². The van der Waals surface area contributed by atoms with Crippen molar-refractivity contribution in [3.05, 3.63) is 112 Å². The number of nitrogens with one attached hydrogen (secondary N) is 1. The lowest BCUT2D eigenvalue weighted by Gasteiger charge is -2.09. The normalized spacial score (nSPS) is 10.8. The Kier molecular flexibility index (Phi) is 7.28. The van der Waals surface area contributed by atoms with Gasteiger partial charge in [0.1, 0.15) is 18.2 Å². The molecular formula is C27H25ClFN3O2. The van der Waals surface area contributed by atoms with Crippen molar-refractivity contribution < 1.29 is 13.9 Å². The quantitative estimate of drug-likeness (QED) is 0.318. The molecule has 1 amide bonds. The molecule has 0 spiro atoms. The molecule has 4 rings (SSSR count). The summed E-state index contributed by atoms with van der Waals surface area (Å²) in [4.78, 5) is 12.8. The molecule has 4 aromatic rings. The number of rotatable bonds is 8. The lowest BCUT2D eigenvalue weighted by atomic mass is 10.1. The van der Waals surface area contributed by atoms with Gasteiger partial charge in [-0.1, -0.05) is 48.9 Å². The van der Waals surface area contributed by atoms with E-state index < -0.39 is 0 Å². The van der Waals surface area contributed by atoms with E-state index in [4.69, 9.17) is 16.3 Å². The maximum atomic E-state index is 13.3. The van der Waals surface area contributed by atoms with Crippen LogP contribution in [0.3, 0.4) is 0 Å². The predicted molar refractivity (Wildman–Crippen MR) is 132 cm³/mol. The molecule has 1 N–H and O–H groups in total. The number of carbonyl (C=O) groups excluding carboxylic acids is 1. The van der Waals surface area contributed by atoms with Gasteiger partial charge in [0.2, 0.25) is 0 Å².